The number of hydrogen-bond donors (Lipinski definition) is 0. The van der Waals surface area contributed by atoms with E-state index in [2.05, 4.69) is 107 Å². The second-order valence-electron chi connectivity index (χ2n) is 14.8. The third-order valence-corrected chi connectivity index (χ3v) is 11.5. The first-order valence-corrected chi connectivity index (χ1v) is 21.0. The number of rotatable bonds is 7. The summed E-state index contributed by atoms with van der Waals surface area (Å²) in [5.74, 6) is 1.26. The molecule has 0 bridgehead atoms. The third-order valence-electron chi connectivity index (χ3n) is 9.51. The van der Waals surface area contributed by atoms with Crippen LogP contribution < -0.4 is 5.19 Å². The second-order valence-corrected chi connectivity index (χ2v) is 19.8. The minimum Gasteiger partial charge on any atom is -0.501 e. The van der Waals surface area contributed by atoms with Crippen LogP contribution in [0.25, 0.3) is 55.6 Å². The van der Waals surface area contributed by atoms with E-state index in [-0.39, 0.29) is 25.9 Å². The summed E-state index contributed by atoms with van der Waals surface area (Å²) in [6.07, 6.45) is 3.96. The van der Waals surface area contributed by atoms with Crippen molar-refractivity contribution in [3.05, 3.63) is 139 Å². The summed E-state index contributed by atoms with van der Waals surface area (Å²) in [7, 11) is -1.34. The summed E-state index contributed by atoms with van der Waals surface area (Å²) in [5, 5.41) is 3.53. The van der Waals surface area contributed by atoms with E-state index in [0.717, 1.165) is 55.6 Å². The number of aromatic nitrogens is 2. The van der Waals surface area contributed by atoms with Crippen LogP contribution >= 0.6 is 0 Å². The third kappa shape index (κ3) is 8.47. The van der Waals surface area contributed by atoms with Gasteiger partial charge >= 0.3 is 0 Å². The minimum atomic E-state index is -1.34. The quantitative estimate of drug-likeness (QED) is 0.118. The molecular weight excluding hydrogens is 824 g/mol. The Balaban J connectivity index is 0.000000218. The molecule has 7 aromatic rings. The maximum absolute atomic E-state index is 13.7. The van der Waals surface area contributed by atoms with Crippen LogP contribution in [0.3, 0.4) is 0 Å². The van der Waals surface area contributed by atoms with Crippen molar-refractivity contribution in [1.82, 2.24) is 9.97 Å². The predicted molar refractivity (Wildman–Crippen MR) is 210 cm³/mol. The van der Waals surface area contributed by atoms with Gasteiger partial charge in [0, 0.05) is 37.9 Å². The number of hydrogen-bond acceptors (Lipinski definition) is 3. The van der Waals surface area contributed by atoms with Gasteiger partial charge in [-0.2, -0.15) is 0 Å². The summed E-state index contributed by atoms with van der Waals surface area (Å²) in [6.45, 7) is 18.4. The van der Waals surface area contributed by atoms with E-state index in [9.17, 15) is 4.39 Å². The first-order chi connectivity index (χ1) is 23.9. The molecule has 0 saturated heterocycles. The molecule has 0 N–H and O–H groups in total. The van der Waals surface area contributed by atoms with Crippen LogP contribution in [0.1, 0.15) is 57.6 Å². The van der Waals surface area contributed by atoms with Gasteiger partial charge in [-0.3, -0.25) is 0 Å². The summed E-state index contributed by atoms with van der Waals surface area (Å²) < 4.78 is 20.0. The zero-order chi connectivity index (χ0) is 35.6. The number of pyridine rings is 2. The normalized spacial score (nSPS) is 12.1. The van der Waals surface area contributed by atoms with Crippen molar-refractivity contribution in [2.45, 2.75) is 66.1 Å². The molecule has 0 amide bonds. The summed E-state index contributed by atoms with van der Waals surface area (Å²) in [4.78, 5) is 9.28. The van der Waals surface area contributed by atoms with E-state index in [4.69, 9.17) is 4.42 Å². The van der Waals surface area contributed by atoms with Gasteiger partial charge in [0.1, 0.15) is 11.4 Å². The SMILES string of the molecule is CC(C)C(C)c1ccnc(-c2[c-]ccc3c2oc2cc(-c4cccc(F)c4)ccc23)c1.CC(C)c1cc(-c2[c-]cccc2)ncc1[Si](C)(C)C.[Ir]. The van der Waals surface area contributed by atoms with E-state index in [1.54, 1.807) is 6.07 Å². The van der Waals surface area contributed by atoms with Gasteiger partial charge in [0.2, 0.25) is 0 Å². The molecule has 7 rings (SSSR count). The molecule has 3 aromatic heterocycles. The first kappa shape index (κ1) is 38.0. The molecule has 0 aliphatic heterocycles. The maximum atomic E-state index is 13.7. The molecule has 0 saturated carbocycles. The maximum Gasteiger partial charge on any atom is 0.123 e. The van der Waals surface area contributed by atoms with Crippen LogP contribution in [0.4, 0.5) is 4.39 Å². The Hall–Kier alpha value is -4.22. The zero-order valence-electron chi connectivity index (χ0n) is 30.6. The molecule has 4 aromatic carbocycles. The van der Waals surface area contributed by atoms with Gasteiger partial charge in [-0.15, -0.1) is 54.1 Å². The van der Waals surface area contributed by atoms with Crippen LogP contribution in [0.5, 0.6) is 0 Å². The minimum absolute atomic E-state index is 0. The molecule has 0 aliphatic carbocycles. The number of fused-ring (bicyclic) bond motifs is 3. The second kappa shape index (κ2) is 16.0. The molecular formula is C45H45FIrN2OSi-2. The van der Waals surface area contributed by atoms with Crippen LogP contribution in [0.2, 0.25) is 19.6 Å². The smallest absolute Gasteiger partial charge is 0.123 e. The van der Waals surface area contributed by atoms with Gasteiger partial charge in [0.25, 0.3) is 0 Å². The Bertz CT molecular complexity index is 2260. The topological polar surface area (TPSA) is 38.9 Å². The van der Waals surface area contributed by atoms with Crippen molar-refractivity contribution in [2.75, 3.05) is 0 Å². The number of nitrogens with zero attached hydrogens (tertiary/aromatic N) is 2. The summed E-state index contributed by atoms with van der Waals surface area (Å²) in [6, 6.07) is 37.7. The fraction of sp³-hybridized carbons (Fsp3) is 0.244. The molecule has 1 atom stereocenters. The fourth-order valence-electron chi connectivity index (χ4n) is 6.31. The standard InChI is InChI=1S/C28H23FNO.C17H22NSi.Ir/c1-17(2)18(3)19-12-13-30-26(15-19)25-9-5-8-24-23-11-10-21(16-27(23)31-28(24)25)20-6-4-7-22(29)14-20;1-13(2)15-11-16(14-9-7-6-8-10-14)18-12-17(15)19(3,4)5;/h4-8,10-18H,1-3H3;6-9,11-13H,1-5H3;/q2*-1;. The van der Waals surface area contributed by atoms with Crippen LogP contribution in [0.15, 0.2) is 114 Å². The van der Waals surface area contributed by atoms with Crippen molar-refractivity contribution in [3.63, 3.8) is 0 Å². The van der Waals surface area contributed by atoms with E-state index in [1.807, 2.05) is 60.8 Å². The van der Waals surface area contributed by atoms with Gasteiger partial charge < -0.3 is 14.4 Å². The molecule has 0 spiro atoms. The van der Waals surface area contributed by atoms with E-state index < -0.39 is 8.07 Å². The molecule has 3 nitrogen and oxygen atoms in total. The zero-order valence-corrected chi connectivity index (χ0v) is 34.0. The van der Waals surface area contributed by atoms with Gasteiger partial charge in [-0.25, -0.2) is 4.39 Å². The summed E-state index contributed by atoms with van der Waals surface area (Å²) in [5.41, 5.74) is 9.82. The number of furan rings is 1. The van der Waals surface area contributed by atoms with Crippen molar-refractivity contribution in [1.29, 1.82) is 0 Å². The molecule has 1 radical (unpaired) electrons. The van der Waals surface area contributed by atoms with Crippen molar-refractivity contribution < 1.29 is 28.9 Å². The largest absolute Gasteiger partial charge is 0.501 e. The van der Waals surface area contributed by atoms with Gasteiger partial charge in [0.05, 0.1) is 13.7 Å². The van der Waals surface area contributed by atoms with Crippen molar-refractivity contribution in [3.8, 4) is 33.6 Å². The molecule has 0 aliphatic rings. The predicted octanol–water partition coefficient (Wildman–Crippen LogP) is 12.2. The Labute approximate surface area is 316 Å². The van der Waals surface area contributed by atoms with Crippen LogP contribution in [0, 0.1) is 23.9 Å². The Morgan fingerprint density at radius 3 is 2.20 bits per heavy atom. The Morgan fingerprint density at radius 1 is 0.725 bits per heavy atom. The van der Waals surface area contributed by atoms with E-state index >= 15 is 0 Å². The van der Waals surface area contributed by atoms with Gasteiger partial charge in [-0.05, 0) is 69.7 Å². The van der Waals surface area contributed by atoms with Crippen molar-refractivity contribution >= 4 is 35.2 Å². The Morgan fingerprint density at radius 2 is 1.51 bits per heavy atom. The molecule has 3 heterocycles. The van der Waals surface area contributed by atoms with E-state index in [0.29, 0.717) is 17.8 Å². The number of benzene rings is 4. The molecule has 6 heteroatoms. The fourth-order valence-corrected chi connectivity index (χ4v) is 7.99. The molecule has 0 fully saturated rings. The van der Waals surface area contributed by atoms with Crippen molar-refractivity contribution in [2.24, 2.45) is 5.92 Å². The molecule has 263 valence electrons. The number of halogens is 1. The van der Waals surface area contributed by atoms with Gasteiger partial charge in [0.15, 0.2) is 0 Å². The first-order valence-electron chi connectivity index (χ1n) is 17.5. The average Bonchev–Trinajstić information content (AvgIpc) is 3.49. The van der Waals surface area contributed by atoms with Gasteiger partial charge in [-0.1, -0.05) is 113 Å². The monoisotopic (exact) mass is 869 g/mol. The Kier molecular flexibility index (Phi) is 11.9. The average molecular weight is 869 g/mol. The summed E-state index contributed by atoms with van der Waals surface area (Å²) >= 11 is 0. The van der Waals surface area contributed by atoms with Crippen LogP contribution in [-0.4, -0.2) is 18.0 Å². The molecule has 51 heavy (non-hydrogen) atoms. The van der Waals surface area contributed by atoms with Crippen LogP contribution in [-0.2, 0) is 20.1 Å². The molecule has 1 unspecified atom stereocenters. The van der Waals surface area contributed by atoms with E-state index in [1.165, 1.54) is 28.4 Å².